The summed E-state index contributed by atoms with van der Waals surface area (Å²) in [5.74, 6) is 0. The number of nitrogens with one attached hydrogen (secondary N) is 1. The van der Waals surface area contributed by atoms with Crippen molar-refractivity contribution in [1.82, 2.24) is 9.88 Å². The van der Waals surface area contributed by atoms with Crippen molar-refractivity contribution in [3.63, 3.8) is 0 Å². The third-order valence-corrected chi connectivity index (χ3v) is 5.24. The number of pyridine rings is 1. The van der Waals surface area contributed by atoms with E-state index in [1.165, 1.54) is 0 Å². The number of carbonyl (C=O) groups excluding carboxylic acids is 1. The van der Waals surface area contributed by atoms with Gasteiger partial charge in [0.1, 0.15) is 5.60 Å². The zero-order chi connectivity index (χ0) is 18.0. The van der Waals surface area contributed by atoms with Crippen LogP contribution in [0.2, 0.25) is 10.0 Å². The van der Waals surface area contributed by atoms with Crippen LogP contribution >= 0.6 is 23.2 Å². The summed E-state index contributed by atoms with van der Waals surface area (Å²) in [6.07, 6.45) is 2.57. The fourth-order valence-electron chi connectivity index (χ4n) is 3.07. The second kappa shape index (κ2) is 7.20. The molecule has 3 rings (SSSR count). The number of aliphatic hydroxyl groups is 1. The van der Waals surface area contributed by atoms with Crippen molar-refractivity contribution in [3.05, 3.63) is 57.8 Å². The summed E-state index contributed by atoms with van der Waals surface area (Å²) in [5.41, 5.74) is 1.24. The minimum Gasteiger partial charge on any atom is -0.383 e. The first kappa shape index (κ1) is 18.0. The molecule has 2 aromatic rings. The molecule has 25 heavy (non-hydrogen) atoms. The topological polar surface area (TPSA) is 65.5 Å². The molecule has 1 aromatic carbocycles. The Morgan fingerprint density at radius 3 is 2.60 bits per heavy atom. The summed E-state index contributed by atoms with van der Waals surface area (Å²) in [5, 5.41) is 14.6. The molecule has 0 saturated carbocycles. The number of likely N-dealkylation sites (tertiary alicyclic amines) is 1. The SMILES string of the molecule is Cc1cccnc1C1(O)CCN(C(=O)Nc2ccc(Cl)c(Cl)c2)CC1. The molecule has 1 fully saturated rings. The number of hydrogen-bond acceptors (Lipinski definition) is 3. The van der Waals surface area contributed by atoms with Crippen LogP contribution in [-0.2, 0) is 5.60 Å². The molecule has 0 bridgehead atoms. The first-order chi connectivity index (χ1) is 11.9. The molecular formula is C18H19Cl2N3O2. The number of carbonyl (C=O) groups is 1. The molecular weight excluding hydrogens is 361 g/mol. The van der Waals surface area contributed by atoms with Crippen molar-refractivity contribution >= 4 is 34.9 Å². The molecule has 0 unspecified atom stereocenters. The standard InChI is InChI=1S/C18H19Cl2N3O2/c1-12-3-2-8-21-16(12)18(25)6-9-23(10-7-18)17(24)22-13-4-5-14(19)15(20)11-13/h2-5,8,11,25H,6-7,9-10H2,1H3,(H,22,24). The number of benzene rings is 1. The number of urea groups is 1. The summed E-state index contributed by atoms with van der Waals surface area (Å²) >= 11 is 11.8. The highest BCUT2D eigenvalue weighted by Gasteiger charge is 2.37. The number of hydrogen-bond donors (Lipinski definition) is 2. The maximum Gasteiger partial charge on any atom is 0.321 e. The lowest BCUT2D eigenvalue weighted by Crippen LogP contribution is -2.47. The van der Waals surface area contributed by atoms with Crippen LogP contribution in [0.5, 0.6) is 0 Å². The van der Waals surface area contributed by atoms with Crippen LogP contribution < -0.4 is 5.32 Å². The highest BCUT2D eigenvalue weighted by Crippen LogP contribution is 2.33. The first-order valence-electron chi connectivity index (χ1n) is 8.04. The molecule has 7 heteroatoms. The molecule has 0 radical (unpaired) electrons. The minimum atomic E-state index is -0.994. The van der Waals surface area contributed by atoms with Gasteiger partial charge in [0.25, 0.3) is 0 Å². The largest absolute Gasteiger partial charge is 0.383 e. The third-order valence-electron chi connectivity index (χ3n) is 4.50. The average molecular weight is 380 g/mol. The van der Waals surface area contributed by atoms with Gasteiger partial charge in [-0.25, -0.2) is 4.79 Å². The van der Waals surface area contributed by atoms with Crippen molar-refractivity contribution < 1.29 is 9.90 Å². The molecule has 2 amide bonds. The van der Waals surface area contributed by atoms with Crippen molar-refractivity contribution in [2.45, 2.75) is 25.4 Å². The second-order valence-corrected chi connectivity index (χ2v) is 7.06. The Morgan fingerprint density at radius 2 is 1.96 bits per heavy atom. The fraction of sp³-hybridized carbons (Fsp3) is 0.333. The van der Waals surface area contributed by atoms with Crippen LogP contribution in [0.3, 0.4) is 0 Å². The third kappa shape index (κ3) is 3.89. The molecule has 0 aliphatic carbocycles. The Hall–Kier alpha value is -1.82. The summed E-state index contributed by atoms with van der Waals surface area (Å²) in [7, 11) is 0. The van der Waals surface area contributed by atoms with Gasteiger partial charge < -0.3 is 15.3 Å². The van der Waals surface area contributed by atoms with Gasteiger partial charge in [0.05, 0.1) is 15.7 Å². The van der Waals surface area contributed by atoms with Crippen LogP contribution in [0, 0.1) is 6.92 Å². The van der Waals surface area contributed by atoms with E-state index in [-0.39, 0.29) is 6.03 Å². The lowest BCUT2D eigenvalue weighted by atomic mass is 9.86. The molecule has 1 aromatic heterocycles. The van der Waals surface area contributed by atoms with Gasteiger partial charge in [-0.05, 0) is 49.6 Å². The van der Waals surface area contributed by atoms with Gasteiger partial charge in [-0.15, -0.1) is 0 Å². The summed E-state index contributed by atoms with van der Waals surface area (Å²) in [4.78, 5) is 18.4. The molecule has 5 nitrogen and oxygen atoms in total. The molecule has 0 atom stereocenters. The Labute approximate surface area is 156 Å². The molecule has 132 valence electrons. The van der Waals surface area contributed by atoms with Crippen molar-refractivity contribution in [2.75, 3.05) is 18.4 Å². The Bertz CT molecular complexity index is 790. The van der Waals surface area contributed by atoms with Gasteiger partial charge in [0, 0.05) is 25.0 Å². The lowest BCUT2D eigenvalue weighted by molar-refractivity contribution is -0.0198. The van der Waals surface area contributed by atoms with Crippen molar-refractivity contribution in [1.29, 1.82) is 0 Å². The molecule has 1 aliphatic heterocycles. The van der Waals surface area contributed by atoms with Crippen LogP contribution in [0.4, 0.5) is 10.5 Å². The van der Waals surface area contributed by atoms with Crippen LogP contribution in [0.15, 0.2) is 36.5 Å². The number of rotatable bonds is 2. The Balaban J connectivity index is 1.64. The smallest absolute Gasteiger partial charge is 0.321 e. The van der Waals surface area contributed by atoms with Crippen molar-refractivity contribution in [3.8, 4) is 0 Å². The maximum atomic E-state index is 12.4. The molecule has 1 saturated heterocycles. The number of piperidine rings is 1. The van der Waals surface area contributed by atoms with Gasteiger partial charge in [-0.3, -0.25) is 4.98 Å². The molecule has 0 spiro atoms. The molecule has 2 heterocycles. The van der Waals surface area contributed by atoms with E-state index in [4.69, 9.17) is 23.2 Å². The number of halogens is 2. The van der Waals surface area contributed by atoms with Crippen molar-refractivity contribution in [2.24, 2.45) is 0 Å². The summed E-state index contributed by atoms with van der Waals surface area (Å²) < 4.78 is 0. The fourth-order valence-corrected chi connectivity index (χ4v) is 3.36. The number of anilines is 1. The average Bonchev–Trinajstić information content (AvgIpc) is 2.59. The van der Waals surface area contributed by atoms with Crippen LogP contribution in [0.1, 0.15) is 24.1 Å². The van der Waals surface area contributed by atoms with E-state index in [1.54, 1.807) is 29.3 Å². The monoisotopic (exact) mass is 379 g/mol. The zero-order valence-corrected chi connectivity index (χ0v) is 15.3. The van der Waals surface area contributed by atoms with Crippen LogP contribution in [0.25, 0.3) is 0 Å². The van der Waals surface area contributed by atoms with Gasteiger partial charge in [-0.1, -0.05) is 29.3 Å². The van der Waals surface area contributed by atoms with Gasteiger partial charge in [-0.2, -0.15) is 0 Å². The van der Waals surface area contributed by atoms with E-state index in [2.05, 4.69) is 10.3 Å². The van der Waals surface area contributed by atoms with Crippen LogP contribution in [-0.4, -0.2) is 34.1 Å². The summed E-state index contributed by atoms with van der Waals surface area (Å²) in [6.45, 7) is 2.82. The number of amides is 2. The predicted molar refractivity (Wildman–Crippen MR) is 99.2 cm³/mol. The lowest BCUT2D eigenvalue weighted by Gasteiger charge is -2.38. The number of nitrogens with zero attached hydrogens (tertiary/aromatic N) is 2. The second-order valence-electron chi connectivity index (χ2n) is 6.25. The maximum absolute atomic E-state index is 12.4. The van der Waals surface area contributed by atoms with E-state index in [0.29, 0.717) is 47.4 Å². The highest BCUT2D eigenvalue weighted by molar-refractivity contribution is 6.42. The van der Waals surface area contributed by atoms with Gasteiger partial charge in [0.2, 0.25) is 0 Å². The van der Waals surface area contributed by atoms with E-state index in [0.717, 1.165) is 5.56 Å². The quantitative estimate of drug-likeness (QED) is 0.820. The van der Waals surface area contributed by atoms with E-state index >= 15 is 0 Å². The van der Waals surface area contributed by atoms with Gasteiger partial charge >= 0.3 is 6.03 Å². The number of aryl methyl sites for hydroxylation is 1. The zero-order valence-electron chi connectivity index (χ0n) is 13.8. The van der Waals surface area contributed by atoms with E-state index < -0.39 is 5.60 Å². The minimum absolute atomic E-state index is 0.224. The van der Waals surface area contributed by atoms with Gasteiger partial charge in [0.15, 0.2) is 0 Å². The molecule has 2 N–H and O–H groups in total. The first-order valence-corrected chi connectivity index (χ1v) is 8.80. The van der Waals surface area contributed by atoms with E-state index in [1.807, 2.05) is 19.1 Å². The normalized spacial score (nSPS) is 16.6. The Morgan fingerprint density at radius 1 is 1.24 bits per heavy atom. The predicted octanol–water partition coefficient (Wildman–Crippen LogP) is 4.21. The number of aromatic nitrogens is 1. The summed E-state index contributed by atoms with van der Waals surface area (Å²) in [6, 6.07) is 8.51. The highest BCUT2D eigenvalue weighted by atomic mass is 35.5. The van der Waals surface area contributed by atoms with E-state index in [9.17, 15) is 9.90 Å². The Kier molecular flexibility index (Phi) is 5.18. The molecule has 1 aliphatic rings.